The molecule has 1 N–H and O–H groups in total. The zero-order valence-corrected chi connectivity index (χ0v) is 13.7. The van der Waals surface area contributed by atoms with Crippen molar-refractivity contribution in [1.82, 2.24) is 19.3 Å². The predicted octanol–water partition coefficient (Wildman–Crippen LogP) is 2.08. The Morgan fingerprint density at radius 2 is 2.10 bits per heavy atom. The van der Waals surface area contributed by atoms with Crippen LogP contribution in [0, 0.1) is 13.8 Å². The molecule has 21 heavy (non-hydrogen) atoms. The molecule has 2 heterocycles. The highest BCUT2D eigenvalue weighted by Crippen LogP contribution is 2.20. The van der Waals surface area contributed by atoms with Gasteiger partial charge in [0.05, 0.1) is 5.75 Å². The lowest BCUT2D eigenvalue weighted by Crippen LogP contribution is -2.19. The summed E-state index contributed by atoms with van der Waals surface area (Å²) in [5.41, 5.74) is 2.50. The minimum Gasteiger partial charge on any atom is -0.351 e. The van der Waals surface area contributed by atoms with Crippen molar-refractivity contribution in [3.63, 3.8) is 0 Å². The van der Waals surface area contributed by atoms with Gasteiger partial charge in [-0.2, -0.15) is 0 Å². The van der Waals surface area contributed by atoms with Gasteiger partial charge in [-0.25, -0.2) is 9.89 Å². The Labute approximate surface area is 127 Å². The summed E-state index contributed by atoms with van der Waals surface area (Å²) in [5.74, 6) is 0.313. The molecule has 0 saturated carbocycles. The Kier molecular flexibility index (Phi) is 4.41. The van der Waals surface area contributed by atoms with Crippen molar-refractivity contribution in [2.45, 2.75) is 38.9 Å². The lowest BCUT2D eigenvalue weighted by Gasteiger charge is -2.08. The molecule has 0 aliphatic heterocycles. The molecule has 0 bridgehead atoms. The Morgan fingerprint density at radius 3 is 2.62 bits per heavy atom. The van der Waals surface area contributed by atoms with Crippen LogP contribution >= 0.6 is 11.8 Å². The van der Waals surface area contributed by atoms with E-state index in [-0.39, 0.29) is 23.3 Å². The first-order valence-corrected chi connectivity index (χ1v) is 7.77. The van der Waals surface area contributed by atoms with Gasteiger partial charge in [-0.3, -0.25) is 9.36 Å². The van der Waals surface area contributed by atoms with Gasteiger partial charge in [0.25, 0.3) is 0 Å². The number of carbonyl (C=O) groups excluding carboxylic acids is 1. The maximum atomic E-state index is 12.3. The second-order valence-corrected chi connectivity index (χ2v) is 6.27. The molecular formula is C14H20N4O2S. The predicted molar refractivity (Wildman–Crippen MR) is 83.2 cm³/mol. The summed E-state index contributed by atoms with van der Waals surface area (Å²) in [4.78, 5) is 24.0. The van der Waals surface area contributed by atoms with Gasteiger partial charge in [-0.05, 0) is 33.8 Å². The summed E-state index contributed by atoms with van der Waals surface area (Å²) < 4.78 is 3.55. The molecule has 0 unspecified atom stereocenters. The van der Waals surface area contributed by atoms with E-state index in [1.165, 1.54) is 11.8 Å². The number of aromatic nitrogens is 4. The van der Waals surface area contributed by atoms with Gasteiger partial charge in [0.15, 0.2) is 10.9 Å². The molecule has 2 rings (SSSR count). The highest BCUT2D eigenvalue weighted by atomic mass is 32.2. The van der Waals surface area contributed by atoms with Gasteiger partial charge in [-0.15, -0.1) is 5.10 Å². The van der Waals surface area contributed by atoms with Crippen LogP contribution in [-0.2, 0) is 7.05 Å². The summed E-state index contributed by atoms with van der Waals surface area (Å²) in [6, 6.07) is 1.91. The molecule has 114 valence electrons. The number of hydrogen-bond acceptors (Lipinski definition) is 4. The summed E-state index contributed by atoms with van der Waals surface area (Å²) in [6.07, 6.45) is 0. The zero-order valence-electron chi connectivity index (χ0n) is 12.9. The minimum atomic E-state index is -0.244. The second-order valence-electron chi connectivity index (χ2n) is 5.33. The van der Waals surface area contributed by atoms with Crippen molar-refractivity contribution in [3.05, 3.63) is 33.5 Å². The van der Waals surface area contributed by atoms with Crippen LogP contribution < -0.4 is 5.69 Å². The van der Waals surface area contributed by atoms with E-state index in [4.69, 9.17) is 0 Å². The number of aromatic amines is 1. The number of nitrogens with zero attached hydrogens (tertiary/aromatic N) is 3. The number of aryl methyl sites for hydroxylation is 1. The lowest BCUT2D eigenvalue weighted by molar-refractivity contribution is 0.102. The highest BCUT2D eigenvalue weighted by Gasteiger charge is 2.17. The average Bonchev–Trinajstić information content (AvgIpc) is 2.91. The lowest BCUT2D eigenvalue weighted by atomic mass is 10.2. The van der Waals surface area contributed by atoms with Gasteiger partial charge < -0.3 is 4.57 Å². The molecule has 0 aliphatic carbocycles. The fourth-order valence-electron chi connectivity index (χ4n) is 2.19. The van der Waals surface area contributed by atoms with Gasteiger partial charge in [0.1, 0.15) is 0 Å². The van der Waals surface area contributed by atoms with E-state index in [0.717, 1.165) is 17.0 Å². The molecular weight excluding hydrogens is 288 g/mol. The van der Waals surface area contributed by atoms with Crippen molar-refractivity contribution in [1.29, 1.82) is 0 Å². The molecule has 0 saturated heterocycles. The Balaban J connectivity index is 2.15. The molecule has 0 amide bonds. The highest BCUT2D eigenvalue weighted by molar-refractivity contribution is 7.99. The SMILES string of the molecule is Cc1cc(C(=O)CSc2n[nH]c(=O)n2C(C)C)c(C)n1C. The molecule has 6 nitrogen and oxygen atoms in total. The maximum Gasteiger partial charge on any atom is 0.344 e. The smallest absolute Gasteiger partial charge is 0.344 e. The molecule has 0 aromatic carbocycles. The summed E-state index contributed by atoms with van der Waals surface area (Å²) >= 11 is 1.28. The van der Waals surface area contributed by atoms with Crippen LogP contribution in [0.4, 0.5) is 0 Å². The standard InChI is InChI=1S/C14H20N4O2S/c1-8(2)18-13(20)15-16-14(18)21-7-12(19)11-6-9(3)17(5)10(11)4/h6,8H,7H2,1-5H3,(H,15,20). The number of ketones is 1. The van der Waals surface area contributed by atoms with Crippen molar-refractivity contribution in [2.24, 2.45) is 7.05 Å². The van der Waals surface area contributed by atoms with E-state index in [2.05, 4.69) is 10.2 Å². The van der Waals surface area contributed by atoms with Crippen LogP contribution in [0.15, 0.2) is 16.0 Å². The maximum absolute atomic E-state index is 12.3. The topological polar surface area (TPSA) is 72.7 Å². The molecule has 0 radical (unpaired) electrons. The third kappa shape index (κ3) is 2.97. The third-order valence-electron chi connectivity index (χ3n) is 3.60. The van der Waals surface area contributed by atoms with E-state index < -0.39 is 0 Å². The summed E-state index contributed by atoms with van der Waals surface area (Å²) in [6.45, 7) is 7.73. The number of carbonyl (C=O) groups is 1. The molecule has 2 aromatic heterocycles. The summed E-state index contributed by atoms with van der Waals surface area (Å²) in [7, 11) is 1.94. The average molecular weight is 308 g/mol. The molecule has 7 heteroatoms. The first-order valence-electron chi connectivity index (χ1n) is 6.78. The Morgan fingerprint density at radius 1 is 1.43 bits per heavy atom. The first kappa shape index (κ1) is 15.6. The minimum absolute atomic E-state index is 0.00885. The number of thioether (sulfide) groups is 1. The van der Waals surface area contributed by atoms with E-state index in [9.17, 15) is 9.59 Å². The number of H-pyrrole nitrogens is 1. The number of rotatable bonds is 5. The zero-order chi connectivity index (χ0) is 15.7. The molecule has 0 fully saturated rings. The van der Waals surface area contributed by atoms with Crippen molar-refractivity contribution in [2.75, 3.05) is 5.75 Å². The Bertz CT molecular complexity index is 724. The van der Waals surface area contributed by atoms with Crippen molar-refractivity contribution >= 4 is 17.5 Å². The third-order valence-corrected chi connectivity index (χ3v) is 4.55. The van der Waals surface area contributed by atoms with Crippen LogP contribution in [0.1, 0.15) is 41.6 Å². The monoisotopic (exact) mass is 308 g/mol. The van der Waals surface area contributed by atoms with E-state index in [0.29, 0.717) is 5.16 Å². The van der Waals surface area contributed by atoms with E-state index in [1.54, 1.807) is 4.57 Å². The Hall–Kier alpha value is -1.76. The summed E-state index contributed by atoms with van der Waals surface area (Å²) in [5, 5.41) is 6.96. The van der Waals surface area contributed by atoms with Crippen molar-refractivity contribution in [3.8, 4) is 0 Å². The van der Waals surface area contributed by atoms with E-state index >= 15 is 0 Å². The second kappa shape index (κ2) is 5.93. The van der Waals surface area contributed by atoms with Gasteiger partial charge in [0.2, 0.25) is 0 Å². The normalized spacial score (nSPS) is 11.3. The molecule has 0 aliphatic rings. The van der Waals surface area contributed by atoms with Crippen LogP contribution in [-0.4, -0.2) is 30.9 Å². The number of hydrogen-bond donors (Lipinski definition) is 1. The number of Topliss-reactive ketones (excluding diaryl/α,β-unsaturated/α-hetero) is 1. The van der Waals surface area contributed by atoms with Crippen molar-refractivity contribution < 1.29 is 4.79 Å². The van der Waals surface area contributed by atoms with Gasteiger partial charge in [-0.1, -0.05) is 11.8 Å². The van der Waals surface area contributed by atoms with Crippen LogP contribution in [0.2, 0.25) is 0 Å². The fraction of sp³-hybridized carbons (Fsp3) is 0.500. The molecule has 2 aromatic rings. The fourth-order valence-corrected chi connectivity index (χ4v) is 3.15. The largest absolute Gasteiger partial charge is 0.351 e. The quantitative estimate of drug-likeness (QED) is 0.678. The van der Waals surface area contributed by atoms with Crippen LogP contribution in [0.25, 0.3) is 0 Å². The van der Waals surface area contributed by atoms with Gasteiger partial charge in [0, 0.05) is 30.0 Å². The van der Waals surface area contributed by atoms with E-state index in [1.807, 2.05) is 45.4 Å². The van der Waals surface area contributed by atoms with Crippen LogP contribution in [0.3, 0.4) is 0 Å². The molecule has 0 atom stereocenters. The number of nitrogens with one attached hydrogen (secondary N) is 1. The molecule has 0 spiro atoms. The first-order chi connectivity index (χ1) is 9.82. The van der Waals surface area contributed by atoms with Crippen LogP contribution in [0.5, 0.6) is 0 Å². The van der Waals surface area contributed by atoms with Gasteiger partial charge >= 0.3 is 5.69 Å².